The third-order valence-electron chi connectivity index (χ3n) is 3.26. The normalized spacial score (nSPS) is 20.0. The molecule has 6 heteroatoms. The fraction of sp³-hybridized carbons (Fsp3) is 0.500. The van der Waals surface area contributed by atoms with E-state index in [-0.39, 0.29) is 4.90 Å². The van der Waals surface area contributed by atoms with E-state index in [9.17, 15) is 8.42 Å². The van der Waals surface area contributed by atoms with Crippen molar-refractivity contribution in [2.24, 2.45) is 0 Å². The largest absolute Gasteiger partial charge is 0.397 e. The molecule has 1 aliphatic heterocycles. The fourth-order valence-electron chi connectivity index (χ4n) is 2.11. The quantitative estimate of drug-likeness (QED) is 0.826. The highest BCUT2D eigenvalue weighted by atomic mass is 32.2. The molecule has 1 atom stereocenters. The van der Waals surface area contributed by atoms with E-state index in [1.165, 1.54) is 12.3 Å². The number of nitrogens with two attached hydrogens (primary N) is 1. The van der Waals surface area contributed by atoms with Crippen LogP contribution in [-0.2, 0) is 14.6 Å². The molecule has 1 heterocycles. The second-order valence-electron chi connectivity index (χ2n) is 4.62. The van der Waals surface area contributed by atoms with E-state index in [1.54, 1.807) is 12.1 Å². The summed E-state index contributed by atoms with van der Waals surface area (Å²) in [5.41, 5.74) is 7.26. The van der Waals surface area contributed by atoms with E-state index in [0.717, 1.165) is 18.7 Å². The van der Waals surface area contributed by atoms with Crippen LogP contribution in [0.1, 0.15) is 6.42 Å². The maximum Gasteiger partial charge on any atom is 0.175 e. The van der Waals surface area contributed by atoms with Gasteiger partial charge in [-0.05, 0) is 24.6 Å². The van der Waals surface area contributed by atoms with Gasteiger partial charge in [0.15, 0.2) is 9.84 Å². The second kappa shape index (κ2) is 4.78. The van der Waals surface area contributed by atoms with Gasteiger partial charge in [0.2, 0.25) is 0 Å². The van der Waals surface area contributed by atoms with Gasteiger partial charge in [-0.3, -0.25) is 0 Å². The van der Waals surface area contributed by atoms with Gasteiger partial charge in [0.25, 0.3) is 0 Å². The number of anilines is 2. The lowest BCUT2D eigenvalue weighted by atomic mass is 10.2. The van der Waals surface area contributed by atoms with Gasteiger partial charge in [0.05, 0.1) is 28.9 Å². The van der Waals surface area contributed by atoms with Crippen molar-refractivity contribution >= 4 is 21.2 Å². The van der Waals surface area contributed by atoms with Crippen molar-refractivity contribution < 1.29 is 13.2 Å². The first-order valence-corrected chi connectivity index (χ1v) is 7.69. The van der Waals surface area contributed by atoms with E-state index >= 15 is 0 Å². The van der Waals surface area contributed by atoms with Crippen LogP contribution >= 0.6 is 0 Å². The van der Waals surface area contributed by atoms with Gasteiger partial charge in [-0.1, -0.05) is 0 Å². The summed E-state index contributed by atoms with van der Waals surface area (Å²) in [6.45, 7) is 1.44. The molecule has 0 saturated carbocycles. The molecule has 2 N–H and O–H groups in total. The number of nitrogens with zero attached hydrogens (tertiary/aromatic N) is 1. The van der Waals surface area contributed by atoms with Gasteiger partial charge in [-0.25, -0.2) is 8.42 Å². The van der Waals surface area contributed by atoms with Crippen LogP contribution in [0.25, 0.3) is 0 Å². The molecule has 0 bridgehead atoms. The van der Waals surface area contributed by atoms with E-state index in [4.69, 9.17) is 10.5 Å². The number of likely N-dealkylation sites (N-methyl/N-ethyl adjacent to an activating group) is 1. The Kier molecular flexibility index (Phi) is 3.49. The summed E-state index contributed by atoms with van der Waals surface area (Å²) < 4.78 is 28.2. The monoisotopic (exact) mass is 270 g/mol. The lowest BCUT2D eigenvalue weighted by molar-refractivity contribution is 0.193. The van der Waals surface area contributed by atoms with Crippen LogP contribution in [0.2, 0.25) is 0 Å². The smallest absolute Gasteiger partial charge is 0.175 e. The van der Waals surface area contributed by atoms with Gasteiger partial charge in [-0.2, -0.15) is 0 Å². The van der Waals surface area contributed by atoms with Gasteiger partial charge in [-0.15, -0.1) is 0 Å². The first-order valence-electron chi connectivity index (χ1n) is 5.80. The lowest BCUT2D eigenvalue weighted by Gasteiger charge is -2.26. The average Bonchev–Trinajstić information content (AvgIpc) is 2.80. The number of hydrogen-bond donors (Lipinski definition) is 1. The maximum absolute atomic E-state index is 11.4. The highest BCUT2D eigenvalue weighted by Gasteiger charge is 2.22. The highest BCUT2D eigenvalue weighted by Crippen LogP contribution is 2.28. The van der Waals surface area contributed by atoms with Crippen LogP contribution in [0.4, 0.5) is 11.4 Å². The summed E-state index contributed by atoms with van der Waals surface area (Å²) in [6, 6.07) is 5.16. The minimum absolute atomic E-state index is 0.250. The maximum atomic E-state index is 11.4. The van der Waals surface area contributed by atoms with Crippen molar-refractivity contribution in [3.8, 4) is 0 Å². The number of ether oxygens (including phenoxy) is 1. The summed E-state index contributed by atoms with van der Waals surface area (Å²) in [7, 11) is -1.26. The molecular formula is C12H18N2O3S. The van der Waals surface area contributed by atoms with Gasteiger partial charge >= 0.3 is 0 Å². The molecule has 1 saturated heterocycles. The molecule has 0 spiro atoms. The summed E-state index contributed by atoms with van der Waals surface area (Å²) in [5.74, 6) is 0. The van der Waals surface area contributed by atoms with E-state index in [2.05, 4.69) is 0 Å². The van der Waals surface area contributed by atoms with Crippen molar-refractivity contribution in [1.82, 2.24) is 0 Å². The molecule has 0 radical (unpaired) electrons. The zero-order chi connectivity index (χ0) is 13.3. The predicted octanol–water partition coefficient (Wildman–Crippen LogP) is 0.897. The van der Waals surface area contributed by atoms with Crippen molar-refractivity contribution in [2.45, 2.75) is 17.4 Å². The molecule has 0 amide bonds. The summed E-state index contributed by atoms with van der Waals surface area (Å²) in [5, 5.41) is 0. The average molecular weight is 270 g/mol. The summed E-state index contributed by atoms with van der Waals surface area (Å²) in [6.07, 6.45) is 2.14. The zero-order valence-corrected chi connectivity index (χ0v) is 11.4. The van der Waals surface area contributed by atoms with Crippen LogP contribution in [-0.4, -0.2) is 41.0 Å². The number of rotatable bonds is 3. The highest BCUT2D eigenvalue weighted by molar-refractivity contribution is 7.90. The van der Waals surface area contributed by atoms with Gasteiger partial charge in [0, 0.05) is 19.9 Å². The Labute approximate surface area is 107 Å². The molecule has 2 rings (SSSR count). The minimum Gasteiger partial charge on any atom is -0.397 e. The standard InChI is InChI=1S/C12H18N2O3S/c1-14(9-5-6-17-8-9)12-4-3-10(7-11(12)13)18(2,15)16/h3-4,7,9H,5-6,8,13H2,1-2H3. The Bertz CT molecular complexity index is 536. The molecule has 1 fully saturated rings. The molecule has 0 aromatic heterocycles. The first kappa shape index (κ1) is 13.2. The fourth-order valence-corrected chi connectivity index (χ4v) is 2.76. The predicted molar refractivity (Wildman–Crippen MR) is 71.6 cm³/mol. The van der Waals surface area contributed by atoms with Crippen molar-refractivity contribution in [3.63, 3.8) is 0 Å². The Morgan fingerprint density at radius 2 is 2.17 bits per heavy atom. The molecule has 100 valence electrons. The summed E-state index contributed by atoms with van der Waals surface area (Å²) >= 11 is 0. The molecule has 0 aliphatic carbocycles. The van der Waals surface area contributed by atoms with Crippen molar-refractivity contribution in [1.29, 1.82) is 0 Å². The molecular weight excluding hydrogens is 252 g/mol. The first-order chi connectivity index (χ1) is 8.39. The third-order valence-corrected chi connectivity index (χ3v) is 4.37. The SMILES string of the molecule is CN(c1ccc(S(C)(=O)=O)cc1N)C1CCOC1. The van der Waals surface area contributed by atoms with Gasteiger partial charge in [0.1, 0.15) is 0 Å². The molecule has 1 unspecified atom stereocenters. The lowest BCUT2D eigenvalue weighted by Crippen LogP contribution is -2.32. The van der Waals surface area contributed by atoms with Crippen LogP contribution in [0.5, 0.6) is 0 Å². The number of hydrogen-bond acceptors (Lipinski definition) is 5. The molecule has 5 nitrogen and oxygen atoms in total. The topological polar surface area (TPSA) is 72.6 Å². The minimum atomic E-state index is -3.21. The summed E-state index contributed by atoms with van der Waals surface area (Å²) in [4.78, 5) is 2.30. The molecule has 1 aromatic carbocycles. The van der Waals surface area contributed by atoms with E-state index in [0.29, 0.717) is 18.3 Å². The Balaban J connectivity index is 2.29. The number of sulfone groups is 1. The molecule has 1 aromatic rings. The van der Waals surface area contributed by atoms with Crippen LogP contribution in [0.3, 0.4) is 0 Å². The van der Waals surface area contributed by atoms with Crippen molar-refractivity contribution in [3.05, 3.63) is 18.2 Å². The Morgan fingerprint density at radius 1 is 1.44 bits per heavy atom. The second-order valence-corrected chi connectivity index (χ2v) is 6.64. The zero-order valence-electron chi connectivity index (χ0n) is 10.6. The van der Waals surface area contributed by atoms with E-state index in [1.807, 2.05) is 11.9 Å². The van der Waals surface area contributed by atoms with E-state index < -0.39 is 9.84 Å². The van der Waals surface area contributed by atoms with Crippen LogP contribution in [0, 0.1) is 0 Å². The van der Waals surface area contributed by atoms with Gasteiger partial charge < -0.3 is 15.4 Å². The Hall–Kier alpha value is -1.27. The number of benzene rings is 1. The Morgan fingerprint density at radius 3 is 2.67 bits per heavy atom. The molecule has 18 heavy (non-hydrogen) atoms. The van der Waals surface area contributed by atoms with Crippen LogP contribution < -0.4 is 10.6 Å². The number of nitrogen functional groups attached to an aromatic ring is 1. The molecule has 1 aliphatic rings. The third kappa shape index (κ3) is 2.59. The van der Waals surface area contributed by atoms with Crippen molar-refractivity contribution in [2.75, 3.05) is 37.2 Å². The van der Waals surface area contributed by atoms with Crippen LogP contribution in [0.15, 0.2) is 23.1 Å².